The molecule has 0 radical (unpaired) electrons. The highest BCUT2D eigenvalue weighted by Gasteiger charge is 2.21. The maximum atomic E-state index is 12.6. The van der Waals surface area contributed by atoms with Gasteiger partial charge < -0.3 is 14.9 Å². The number of H-pyrrole nitrogens is 1. The van der Waals surface area contributed by atoms with Crippen LogP contribution < -0.4 is 10.9 Å². The molecule has 1 amide bonds. The Morgan fingerprint density at radius 1 is 1.22 bits per heavy atom. The van der Waals surface area contributed by atoms with Crippen molar-refractivity contribution in [2.45, 2.75) is 31.7 Å². The molecule has 118 valence electrons. The summed E-state index contributed by atoms with van der Waals surface area (Å²) in [5, 5.41) is 4.60. The van der Waals surface area contributed by atoms with Crippen molar-refractivity contribution in [3.05, 3.63) is 46.4 Å². The first kappa shape index (κ1) is 14.1. The molecular weight excluding hydrogens is 290 g/mol. The van der Waals surface area contributed by atoms with E-state index < -0.39 is 0 Å². The zero-order valence-corrected chi connectivity index (χ0v) is 13.1. The number of para-hydroxylation sites is 1. The van der Waals surface area contributed by atoms with E-state index in [1.807, 2.05) is 35.9 Å². The molecule has 4 rings (SSSR count). The zero-order valence-electron chi connectivity index (χ0n) is 13.1. The zero-order chi connectivity index (χ0) is 16.0. The highest BCUT2D eigenvalue weighted by molar-refractivity contribution is 6.07. The van der Waals surface area contributed by atoms with Gasteiger partial charge in [0.05, 0.1) is 16.4 Å². The normalized spacial score (nSPS) is 15.5. The van der Waals surface area contributed by atoms with Crippen LogP contribution in [0.2, 0.25) is 0 Å². The molecule has 1 aromatic carbocycles. The van der Waals surface area contributed by atoms with Crippen molar-refractivity contribution in [2.24, 2.45) is 7.05 Å². The molecule has 2 heterocycles. The van der Waals surface area contributed by atoms with Crippen molar-refractivity contribution in [1.29, 1.82) is 0 Å². The van der Waals surface area contributed by atoms with E-state index in [1.165, 1.54) is 12.8 Å². The van der Waals surface area contributed by atoms with Crippen molar-refractivity contribution < 1.29 is 4.79 Å². The second kappa shape index (κ2) is 5.26. The van der Waals surface area contributed by atoms with Crippen LogP contribution in [0.15, 0.2) is 35.1 Å². The fourth-order valence-electron chi connectivity index (χ4n) is 3.64. The van der Waals surface area contributed by atoms with Crippen LogP contribution in [0.3, 0.4) is 0 Å². The molecule has 0 bridgehead atoms. The lowest BCUT2D eigenvalue weighted by Gasteiger charge is -2.12. The number of hydrogen-bond donors (Lipinski definition) is 2. The maximum absolute atomic E-state index is 12.6. The Balaban J connectivity index is 1.87. The molecule has 1 saturated carbocycles. The molecule has 0 spiro atoms. The number of nitrogens with zero attached hydrogens (tertiary/aromatic N) is 1. The number of benzene rings is 1. The summed E-state index contributed by atoms with van der Waals surface area (Å²) in [5.74, 6) is -0.0981. The lowest BCUT2D eigenvalue weighted by atomic mass is 10.1. The van der Waals surface area contributed by atoms with E-state index >= 15 is 0 Å². The quantitative estimate of drug-likeness (QED) is 0.764. The van der Waals surface area contributed by atoms with Gasteiger partial charge in [0.25, 0.3) is 11.5 Å². The molecule has 5 nitrogen and oxygen atoms in total. The van der Waals surface area contributed by atoms with Crippen molar-refractivity contribution in [2.75, 3.05) is 0 Å². The number of pyridine rings is 1. The van der Waals surface area contributed by atoms with E-state index in [2.05, 4.69) is 10.3 Å². The summed E-state index contributed by atoms with van der Waals surface area (Å²) in [6.07, 6.45) is 4.42. The topological polar surface area (TPSA) is 66.9 Å². The van der Waals surface area contributed by atoms with Crippen LogP contribution >= 0.6 is 0 Å². The minimum Gasteiger partial charge on any atom is -0.348 e. The fourth-order valence-corrected chi connectivity index (χ4v) is 3.64. The Morgan fingerprint density at radius 2 is 1.96 bits per heavy atom. The Morgan fingerprint density at radius 3 is 2.74 bits per heavy atom. The van der Waals surface area contributed by atoms with Crippen molar-refractivity contribution in [3.63, 3.8) is 0 Å². The van der Waals surface area contributed by atoms with E-state index in [9.17, 15) is 9.59 Å². The molecule has 0 aliphatic heterocycles. The van der Waals surface area contributed by atoms with Crippen LogP contribution in [0, 0.1) is 0 Å². The second-order valence-corrected chi connectivity index (χ2v) is 6.31. The van der Waals surface area contributed by atoms with Crippen LogP contribution in [-0.4, -0.2) is 21.5 Å². The summed E-state index contributed by atoms with van der Waals surface area (Å²) in [5.41, 5.74) is 1.97. The summed E-state index contributed by atoms with van der Waals surface area (Å²) >= 11 is 0. The van der Waals surface area contributed by atoms with Gasteiger partial charge in [0.2, 0.25) is 0 Å². The molecule has 0 saturated heterocycles. The highest BCUT2D eigenvalue weighted by atomic mass is 16.2. The van der Waals surface area contributed by atoms with Gasteiger partial charge >= 0.3 is 0 Å². The Kier molecular flexibility index (Phi) is 3.22. The van der Waals surface area contributed by atoms with Gasteiger partial charge in [-0.15, -0.1) is 0 Å². The van der Waals surface area contributed by atoms with Crippen LogP contribution in [0.4, 0.5) is 0 Å². The number of rotatable bonds is 2. The Bertz CT molecular complexity index is 961. The summed E-state index contributed by atoms with van der Waals surface area (Å²) in [4.78, 5) is 27.8. The SMILES string of the molecule is Cn1c(C(=O)NC2CCCC2)cc2c(=O)[nH]c3ccccc3c21. The highest BCUT2D eigenvalue weighted by Crippen LogP contribution is 2.24. The van der Waals surface area contributed by atoms with E-state index in [1.54, 1.807) is 6.07 Å². The minimum absolute atomic E-state index is 0.0981. The van der Waals surface area contributed by atoms with E-state index in [0.29, 0.717) is 11.1 Å². The predicted octanol–water partition coefficient (Wildman–Crippen LogP) is 2.69. The first-order chi connectivity index (χ1) is 11.1. The summed E-state index contributed by atoms with van der Waals surface area (Å²) in [6.45, 7) is 0. The molecular formula is C18H19N3O2. The lowest BCUT2D eigenvalue weighted by Crippen LogP contribution is -2.33. The number of nitrogens with one attached hydrogen (secondary N) is 2. The number of aryl methyl sites for hydroxylation is 1. The number of fused-ring (bicyclic) bond motifs is 3. The molecule has 0 unspecified atom stereocenters. The van der Waals surface area contributed by atoms with Gasteiger partial charge in [-0.1, -0.05) is 31.0 Å². The molecule has 1 fully saturated rings. The molecule has 1 aliphatic rings. The smallest absolute Gasteiger partial charge is 0.268 e. The first-order valence-corrected chi connectivity index (χ1v) is 8.06. The monoisotopic (exact) mass is 309 g/mol. The fraction of sp³-hybridized carbons (Fsp3) is 0.333. The van der Waals surface area contributed by atoms with Gasteiger partial charge in [0.1, 0.15) is 5.69 Å². The number of carbonyl (C=O) groups is 1. The van der Waals surface area contributed by atoms with E-state index in [4.69, 9.17) is 0 Å². The van der Waals surface area contributed by atoms with Crippen LogP contribution in [0.5, 0.6) is 0 Å². The van der Waals surface area contributed by atoms with Gasteiger partial charge in [-0.25, -0.2) is 0 Å². The van der Waals surface area contributed by atoms with Crippen molar-refractivity contribution in [1.82, 2.24) is 14.9 Å². The third-order valence-corrected chi connectivity index (χ3v) is 4.83. The lowest BCUT2D eigenvalue weighted by molar-refractivity contribution is 0.0930. The van der Waals surface area contributed by atoms with Crippen molar-refractivity contribution in [3.8, 4) is 0 Å². The number of aromatic amines is 1. The standard InChI is InChI=1S/C18H19N3O2/c1-21-15(18(23)19-11-6-2-3-7-11)10-13-16(21)12-8-4-5-9-14(12)20-17(13)22/h4-5,8-11H,2-3,6-7H2,1H3,(H,19,23)(H,20,22). The number of carbonyl (C=O) groups excluding carboxylic acids is 1. The Hall–Kier alpha value is -2.56. The van der Waals surface area contributed by atoms with Crippen molar-refractivity contribution >= 4 is 27.7 Å². The maximum Gasteiger partial charge on any atom is 0.268 e. The minimum atomic E-state index is -0.158. The molecule has 3 aromatic rings. The van der Waals surface area contributed by atoms with Gasteiger partial charge in [-0.05, 0) is 25.0 Å². The largest absolute Gasteiger partial charge is 0.348 e. The molecule has 0 atom stereocenters. The van der Waals surface area contributed by atoms with Gasteiger partial charge in [-0.2, -0.15) is 0 Å². The number of hydrogen-bond acceptors (Lipinski definition) is 2. The first-order valence-electron chi connectivity index (χ1n) is 8.06. The third kappa shape index (κ3) is 2.23. The molecule has 2 aromatic heterocycles. The molecule has 2 N–H and O–H groups in total. The summed E-state index contributed by atoms with van der Waals surface area (Å²) in [7, 11) is 1.85. The Labute approximate surface area is 133 Å². The van der Waals surface area contributed by atoms with Crippen LogP contribution in [-0.2, 0) is 7.05 Å². The van der Waals surface area contributed by atoms with Crippen LogP contribution in [0.1, 0.15) is 36.2 Å². The van der Waals surface area contributed by atoms with Crippen LogP contribution in [0.25, 0.3) is 21.8 Å². The molecule has 5 heteroatoms. The van der Waals surface area contributed by atoms with E-state index in [0.717, 1.165) is 29.3 Å². The van der Waals surface area contributed by atoms with E-state index in [-0.39, 0.29) is 17.5 Å². The average Bonchev–Trinajstić information content (AvgIpc) is 3.16. The molecule has 1 aliphatic carbocycles. The van der Waals surface area contributed by atoms with Gasteiger partial charge in [-0.3, -0.25) is 9.59 Å². The van der Waals surface area contributed by atoms with Gasteiger partial charge in [0, 0.05) is 18.5 Å². The number of amides is 1. The second-order valence-electron chi connectivity index (χ2n) is 6.31. The average molecular weight is 309 g/mol. The third-order valence-electron chi connectivity index (χ3n) is 4.83. The summed E-state index contributed by atoms with van der Waals surface area (Å²) in [6, 6.07) is 9.63. The predicted molar refractivity (Wildman–Crippen MR) is 90.8 cm³/mol. The summed E-state index contributed by atoms with van der Waals surface area (Å²) < 4.78 is 1.83. The molecule has 23 heavy (non-hydrogen) atoms. The number of aromatic nitrogens is 2. The van der Waals surface area contributed by atoms with Gasteiger partial charge in [0.15, 0.2) is 0 Å².